The van der Waals surface area contributed by atoms with Gasteiger partial charge in [0.05, 0.1) is 17.7 Å². The van der Waals surface area contributed by atoms with E-state index in [0.29, 0.717) is 17.9 Å². The van der Waals surface area contributed by atoms with E-state index in [9.17, 15) is 4.79 Å². The number of rotatable bonds is 5. The minimum absolute atomic E-state index is 0.0407. The number of ketones is 1. The van der Waals surface area contributed by atoms with Crippen LogP contribution >= 0.6 is 0 Å². The molecule has 104 valence electrons. The van der Waals surface area contributed by atoms with Crippen molar-refractivity contribution in [3.63, 3.8) is 0 Å². The van der Waals surface area contributed by atoms with Crippen LogP contribution in [0.4, 0.5) is 0 Å². The molecular formula is C16H23NO2. The van der Waals surface area contributed by atoms with Gasteiger partial charge in [-0.2, -0.15) is 0 Å². The Labute approximate surface area is 115 Å². The maximum Gasteiger partial charge on any atom is 0.186 e. The number of ether oxygens (including phenoxy) is 1. The van der Waals surface area contributed by atoms with E-state index in [4.69, 9.17) is 10.5 Å². The minimum Gasteiger partial charge on any atom is -0.493 e. The molecule has 0 atom stereocenters. The Morgan fingerprint density at radius 1 is 1.26 bits per heavy atom. The van der Waals surface area contributed by atoms with Crippen LogP contribution in [-0.4, -0.2) is 17.9 Å². The van der Waals surface area contributed by atoms with Crippen LogP contribution in [0, 0.1) is 0 Å². The molecule has 1 saturated carbocycles. The van der Waals surface area contributed by atoms with Crippen molar-refractivity contribution in [3.05, 3.63) is 29.8 Å². The molecule has 1 aliphatic rings. The lowest BCUT2D eigenvalue weighted by Crippen LogP contribution is -2.49. The lowest BCUT2D eigenvalue weighted by Gasteiger charge is -2.32. The molecule has 1 aliphatic carbocycles. The molecule has 3 heteroatoms. The van der Waals surface area contributed by atoms with E-state index in [1.807, 2.05) is 24.3 Å². The summed E-state index contributed by atoms with van der Waals surface area (Å²) in [6.07, 6.45) is 5.76. The highest BCUT2D eigenvalue weighted by molar-refractivity contribution is 6.05. The summed E-state index contributed by atoms with van der Waals surface area (Å²) in [4.78, 5) is 12.7. The molecule has 0 unspecified atom stereocenters. The van der Waals surface area contributed by atoms with Gasteiger partial charge in [-0.05, 0) is 31.4 Å². The highest BCUT2D eigenvalue weighted by Crippen LogP contribution is 2.31. The van der Waals surface area contributed by atoms with Gasteiger partial charge in [-0.25, -0.2) is 0 Å². The Bertz CT molecular complexity index is 436. The van der Waals surface area contributed by atoms with Crippen LogP contribution in [0.15, 0.2) is 24.3 Å². The second-order valence-electron chi connectivity index (χ2n) is 5.39. The van der Waals surface area contributed by atoms with Gasteiger partial charge in [-0.1, -0.05) is 38.3 Å². The first kappa shape index (κ1) is 14.1. The zero-order valence-electron chi connectivity index (χ0n) is 11.7. The summed E-state index contributed by atoms with van der Waals surface area (Å²) in [6.45, 7) is 2.68. The van der Waals surface area contributed by atoms with Crippen molar-refractivity contribution in [1.29, 1.82) is 0 Å². The molecule has 2 N–H and O–H groups in total. The first-order valence-electron chi connectivity index (χ1n) is 7.23. The predicted octanol–water partition coefficient (Wildman–Crippen LogP) is 3.32. The van der Waals surface area contributed by atoms with Gasteiger partial charge in [0.2, 0.25) is 0 Å². The molecule has 1 aromatic rings. The van der Waals surface area contributed by atoms with Crippen molar-refractivity contribution in [1.82, 2.24) is 0 Å². The quantitative estimate of drug-likeness (QED) is 0.827. The van der Waals surface area contributed by atoms with Gasteiger partial charge in [-0.15, -0.1) is 0 Å². The molecule has 0 aliphatic heterocycles. The normalized spacial score (nSPS) is 18.0. The molecule has 0 spiro atoms. The van der Waals surface area contributed by atoms with Crippen LogP contribution < -0.4 is 10.5 Å². The fourth-order valence-corrected chi connectivity index (χ4v) is 2.67. The third kappa shape index (κ3) is 3.16. The largest absolute Gasteiger partial charge is 0.493 e. The molecule has 2 rings (SSSR count). The number of nitrogens with two attached hydrogens (primary N) is 1. The van der Waals surface area contributed by atoms with E-state index < -0.39 is 5.54 Å². The standard InChI is InChI=1S/C16H23NO2/c1-2-12-19-14-9-5-4-8-13(14)15(18)16(17)10-6-3-7-11-16/h4-5,8-9H,2-3,6-7,10-12,17H2,1H3. The van der Waals surface area contributed by atoms with E-state index in [1.54, 1.807) is 0 Å². The van der Waals surface area contributed by atoms with Crippen molar-refractivity contribution in [2.75, 3.05) is 6.61 Å². The van der Waals surface area contributed by atoms with Crippen molar-refractivity contribution in [2.45, 2.75) is 51.0 Å². The van der Waals surface area contributed by atoms with Gasteiger partial charge in [-0.3, -0.25) is 4.79 Å². The lowest BCUT2D eigenvalue weighted by atomic mass is 9.77. The summed E-state index contributed by atoms with van der Waals surface area (Å²) in [5.41, 5.74) is 6.28. The molecule has 19 heavy (non-hydrogen) atoms. The second-order valence-corrected chi connectivity index (χ2v) is 5.39. The third-order valence-electron chi connectivity index (χ3n) is 3.79. The second kappa shape index (κ2) is 6.20. The van der Waals surface area contributed by atoms with Gasteiger partial charge in [0.25, 0.3) is 0 Å². The minimum atomic E-state index is -0.691. The van der Waals surface area contributed by atoms with Gasteiger partial charge < -0.3 is 10.5 Å². The number of hydrogen-bond acceptors (Lipinski definition) is 3. The number of benzene rings is 1. The third-order valence-corrected chi connectivity index (χ3v) is 3.79. The molecular weight excluding hydrogens is 238 g/mol. The first-order valence-corrected chi connectivity index (χ1v) is 7.23. The molecule has 1 aromatic carbocycles. The van der Waals surface area contributed by atoms with Crippen molar-refractivity contribution in [2.24, 2.45) is 5.73 Å². The Morgan fingerprint density at radius 3 is 2.63 bits per heavy atom. The van der Waals surface area contributed by atoms with Gasteiger partial charge in [0.1, 0.15) is 5.75 Å². The monoisotopic (exact) mass is 261 g/mol. The molecule has 0 radical (unpaired) electrons. The molecule has 0 amide bonds. The molecule has 1 fully saturated rings. The fourth-order valence-electron chi connectivity index (χ4n) is 2.67. The van der Waals surface area contributed by atoms with Gasteiger partial charge in [0.15, 0.2) is 5.78 Å². The van der Waals surface area contributed by atoms with E-state index in [1.165, 1.54) is 6.42 Å². The summed E-state index contributed by atoms with van der Waals surface area (Å²) in [7, 11) is 0. The fraction of sp³-hybridized carbons (Fsp3) is 0.562. The van der Waals surface area contributed by atoms with Crippen molar-refractivity contribution in [3.8, 4) is 5.75 Å². The van der Waals surface area contributed by atoms with E-state index in [2.05, 4.69) is 6.92 Å². The average Bonchev–Trinajstić information content (AvgIpc) is 2.45. The molecule has 3 nitrogen and oxygen atoms in total. The summed E-state index contributed by atoms with van der Waals surface area (Å²) in [6, 6.07) is 7.45. The summed E-state index contributed by atoms with van der Waals surface area (Å²) in [5, 5.41) is 0. The maximum absolute atomic E-state index is 12.7. The van der Waals surface area contributed by atoms with Crippen LogP contribution in [0.1, 0.15) is 55.8 Å². The lowest BCUT2D eigenvalue weighted by molar-refractivity contribution is 0.0843. The molecule has 0 bridgehead atoms. The summed E-state index contributed by atoms with van der Waals surface area (Å²) < 4.78 is 5.67. The molecule has 0 heterocycles. The highest BCUT2D eigenvalue weighted by Gasteiger charge is 2.36. The van der Waals surface area contributed by atoms with Gasteiger partial charge in [0, 0.05) is 0 Å². The van der Waals surface area contributed by atoms with E-state index in [0.717, 1.165) is 32.1 Å². The van der Waals surface area contributed by atoms with E-state index >= 15 is 0 Å². The molecule has 0 saturated heterocycles. The number of para-hydroxylation sites is 1. The van der Waals surface area contributed by atoms with E-state index in [-0.39, 0.29) is 5.78 Å². The Hall–Kier alpha value is -1.35. The van der Waals surface area contributed by atoms with Crippen molar-refractivity contribution < 1.29 is 9.53 Å². The van der Waals surface area contributed by atoms with Crippen LogP contribution in [-0.2, 0) is 0 Å². The number of carbonyl (C=O) groups is 1. The zero-order chi connectivity index (χ0) is 13.7. The Morgan fingerprint density at radius 2 is 1.95 bits per heavy atom. The van der Waals surface area contributed by atoms with Crippen LogP contribution in [0.5, 0.6) is 5.75 Å². The smallest absolute Gasteiger partial charge is 0.186 e. The number of Topliss-reactive ketones (excluding diaryl/α,β-unsaturated/α-hetero) is 1. The first-order chi connectivity index (χ1) is 9.17. The average molecular weight is 261 g/mol. The number of hydrogen-bond donors (Lipinski definition) is 1. The van der Waals surface area contributed by atoms with Crippen LogP contribution in [0.2, 0.25) is 0 Å². The topological polar surface area (TPSA) is 52.3 Å². The van der Waals surface area contributed by atoms with Gasteiger partial charge >= 0.3 is 0 Å². The van der Waals surface area contributed by atoms with Crippen LogP contribution in [0.3, 0.4) is 0 Å². The zero-order valence-corrected chi connectivity index (χ0v) is 11.7. The molecule has 0 aromatic heterocycles. The Balaban J connectivity index is 2.22. The van der Waals surface area contributed by atoms with Crippen molar-refractivity contribution >= 4 is 5.78 Å². The Kier molecular flexibility index (Phi) is 4.59. The highest BCUT2D eigenvalue weighted by atomic mass is 16.5. The predicted molar refractivity (Wildman–Crippen MR) is 76.6 cm³/mol. The number of carbonyl (C=O) groups excluding carboxylic acids is 1. The summed E-state index contributed by atoms with van der Waals surface area (Å²) in [5.74, 6) is 0.712. The van der Waals surface area contributed by atoms with Crippen LogP contribution in [0.25, 0.3) is 0 Å². The summed E-state index contributed by atoms with van der Waals surface area (Å²) >= 11 is 0. The maximum atomic E-state index is 12.7. The SMILES string of the molecule is CCCOc1ccccc1C(=O)C1(N)CCCCC1.